The maximum atomic E-state index is 10.9. The highest BCUT2D eigenvalue weighted by atomic mass is 16.6. The number of aliphatic hydroxyl groups is 1. The average Bonchev–Trinajstić information content (AvgIpc) is 2.89. The van der Waals surface area contributed by atoms with Crippen molar-refractivity contribution in [3.05, 3.63) is 11.6 Å². The van der Waals surface area contributed by atoms with Crippen molar-refractivity contribution in [2.75, 3.05) is 0 Å². The van der Waals surface area contributed by atoms with Crippen molar-refractivity contribution < 1.29 is 24.5 Å². The largest absolute Gasteiger partial charge is 0.475 e. The summed E-state index contributed by atoms with van der Waals surface area (Å²) in [5, 5.41) is 17.7. The van der Waals surface area contributed by atoms with E-state index in [1.807, 2.05) is 0 Å². The fourth-order valence-corrected chi connectivity index (χ4v) is 1.72. The van der Waals surface area contributed by atoms with Gasteiger partial charge in [-0.1, -0.05) is 0 Å². The molecule has 1 saturated carbocycles. The number of aliphatic carboxylic acids is 1. The Kier molecular flexibility index (Phi) is 2.13. The van der Waals surface area contributed by atoms with Gasteiger partial charge in [-0.3, -0.25) is 4.79 Å². The molecular weight excluding hydrogens is 188 g/mol. The van der Waals surface area contributed by atoms with Crippen molar-refractivity contribution in [3.8, 4) is 0 Å². The van der Waals surface area contributed by atoms with E-state index in [4.69, 9.17) is 9.84 Å². The number of hydrogen-bond donors (Lipinski definition) is 2. The van der Waals surface area contributed by atoms with Gasteiger partial charge in [0.1, 0.15) is 12.2 Å². The molecule has 0 spiro atoms. The van der Waals surface area contributed by atoms with Gasteiger partial charge < -0.3 is 14.9 Å². The second-order valence-electron chi connectivity index (χ2n) is 3.52. The molecule has 1 aliphatic heterocycles. The third-order valence-corrected chi connectivity index (χ3v) is 2.53. The van der Waals surface area contributed by atoms with Crippen molar-refractivity contribution in [1.29, 1.82) is 0 Å². The number of epoxide rings is 1. The average molecular weight is 198 g/mol. The molecule has 5 heteroatoms. The maximum absolute atomic E-state index is 10.9. The molecule has 1 heterocycles. The number of hydrogen-bond acceptors (Lipinski definition) is 4. The van der Waals surface area contributed by atoms with Gasteiger partial charge in [0.05, 0.1) is 6.10 Å². The van der Waals surface area contributed by atoms with Gasteiger partial charge in [-0.15, -0.1) is 0 Å². The standard InChI is InChI=1S/C9H10O5/c10-5-2-1-4(7-8(5)14-7)3-6(11)9(12)13/h3,5,7-8,10H,1-2H2,(H,12,13)/t5-,7-,8+/m1/s1. The van der Waals surface area contributed by atoms with E-state index in [0.717, 1.165) is 6.08 Å². The summed E-state index contributed by atoms with van der Waals surface area (Å²) < 4.78 is 5.12. The summed E-state index contributed by atoms with van der Waals surface area (Å²) in [6, 6.07) is 0. The summed E-state index contributed by atoms with van der Waals surface area (Å²) in [5.74, 6) is -2.38. The summed E-state index contributed by atoms with van der Waals surface area (Å²) in [5.41, 5.74) is 0.688. The molecule has 2 aliphatic rings. The highest BCUT2D eigenvalue weighted by Crippen LogP contribution is 2.40. The topological polar surface area (TPSA) is 87.1 Å². The van der Waals surface area contributed by atoms with E-state index in [9.17, 15) is 14.7 Å². The molecule has 0 amide bonds. The van der Waals surface area contributed by atoms with Gasteiger partial charge in [0.2, 0.25) is 0 Å². The first-order valence-electron chi connectivity index (χ1n) is 4.41. The number of fused-ring (bicyclic) bond motifs is 1. The van der Waals surface area contributed by atoms with Crippen molar-refractivity contribution in [2.45, 2.75) is 31.2 Å². The van der Waals surface area contributed by atoms with Gasteiger partial charge in [0.25, 0.3) is 5.78 Å². The quantitative estimate of drug-likeness (QED) is 0.354. The molecule has 2 rings (SSSR count). The lowest BCUT2D eigenvalue weighted by atomic mass is 9.92. The van der Waals surface area contributed by atoms with E-state index in [0.29, 0.717) is 18.4 Å². The van der Waals surface area contributed by atoms with Crippen LogP contribution in [0.4, 0.5) is 0 Å². The number of carbonyl (C=O) groups excluding carboxylic acids is 1. The SMILES string of the molecule is O=C(O)C(=O)C=C1CC[C@@H](O)[C@@H]2O[C@H]12. The van der Waals surface area contributed by atoms with Crippen LogP contribution in [0.3, 0.4) is 0 Å². The van der Waals surface area contributed by atoms with Gasteiger partial charge in [-0.05, 0) is 24.5 Å². The summed E-state index contributed by atoms with van der Waals surface area (Å²) in [6.45, 7) is 0. The minimum Gasteiger partial charge on any atom is -0.475 e. The smallest absolute Gasteiger partial charge is 0.376 e. The van der Waals surface area contributed by atoms with Gasteiger partial charge in [0, 0.05) is 0 Å². The fraction of sp³-hybridized carbons (Fsp3) is 0.556. The molecule has 14 heavy (non-hydrogen) atoms. The molecule has 1 saturated heterocycles. The molecule has 1 aliphatic carbocycles. The first kappa shape index (κ1) is 9.36. The first-order chi connectivity index (χ1) is 6.59. The number of carboxylic acid groups (broad SMARTS) is 1. The lowest BCUT2D eigenvalue weighted by Gasteiger charge is -2.13. The number of carboxylic acids is 1. The van der Waals surface area contributed by atoms with E-state index >= 15 is 0 Å². The van der Waals surface area contributed by atoms with Crippen LogP contribution in [0.5, 0.6) is 0 Å². The Bertz CT molecular complexity index is 319. The number of rotatable bonds is 2. The Morgan fingerprint density at radius 2 is 2.21 bits per heavy atom. The third kappa shape index (κ3) is 1.56. The predicted octanol–water partition coefficient (Wildman–Crippen LogP) is -0.511. The zero-order chi connectivity index (χ0) is 10.3. The summed E-state index contributed by atoms with van der Waals surface area (Å²) >= 11 is 0. The number of aliphatic hydroxyl groups excluding tert-OH is 1. The lowest BCUT2D eigenvalue weighted by Crippen LogP contribution is -2.23. The zero-order valence-electron chi connectivity index (χ0n) is 7.34. The molecule has 3 atom stereocenters. The van der Waals surface area contributed by atoms with Crippen LogP contribution in [0.2, 0.25) is 0 Å². The number of carbonyl (C=O) groups is 2. The van der Waals surface area contributed by atoms with Crippen LogP contribution >= 0.6 is 0 Å². The second-order valence-corrected chi connectivity index (χ2v) is 3.52. The normalized spacial score (nSPS) is 37.8. The maximum Gasteiger partial charge on any atom is 0.376 e. The Balaban J connectivity index is 2.07. The lowest BCUT2D eigenvalue weighted by molar-refractivity contribution is -0.146. The predicted molar refractivity (Wildman–Crippen MR) is 44.6 cm³/mol. The summed E-state index contributed by atoms with van der Waals surface area (Å²) in [7, 11) is 0. The van der Waals surface area contributed by atoms with Gasteiger partial charge in [-0.2, -0.15) is 0 Å². The molecule has 76 valence electrons. The van der Waals surface area contributed by atoms with Crippen LogP contribution in [0.15, 0.2) is 11.6 Å². The Morgan fingerprint density at radius 1 is 1.50 bits per heavy atom. The second kappa shape index (κ2) is 3.18. The molecule has 0 unspecified atom stereocenters. The molecule has 0 radical (unpaired) electrons. The molecule has 0 aromatic heterocycles. The van der Waals surface area contributed by atoms with Crippen LogP contribution < -0.4 is 0 Å². The third-order valence-electron chi connectivity index (χ3n) is 2.53. The molecule has 0 aromatic carbocycles. The molecular formula is C9H10O5. The minimum absolute atomic E-state index is 0.225. The zero-order valence-corrected chi connectivity index (χ0v) is 7.34. The minimum atomic E-state index is -1.46. The molecule has 0 bridgehead atoms. The van der Waals surface area contributed by atoms with Gasteiger partial charge in [-0.25, -0.2) is 4.79 Å². The fourth-order valence-electron chi connectivity index (χ4n) is 1.72. The molecule has 0 aromatic rings. The van der Waals surface area contributed by atoms with E-state index < -0.39 is 17.9 Å². The van der Waals surface area contributed by atoms with Crippen molar-refractivity contribution in [3.63, 3.8) is 0 Å². The van der Waals surface area contributed by atoms with E-state index in [2.05, 4.69) is 0 Å². The van der Waals surface area contributed by atoms with Crippen LogP contribution in [-0.4, -0.2) is 40.3 Å². The first-order valence-corrected chi connectivity index (χ1v) is 4.41. The monoisotopic (exact) mass is 198 g/mol. The number of ketones is 1. The number of ether oxygens (including phenoxy) is 1. The van der Waals surface area contributed by atoms with Crippen LogP contribution in [0.1, 0.15) is 12.8 Å². The summed E-state index contributed by atoms with van der Waals surface area (Å²) in [6.07, 6.45) is 1.23. The van der Waals surface area contributed by atoms with E-state index in [1.165, 1.54) is 0 Å². The molecule has 2 N–H and O–H groups in total. The van der Waals surface area contributed by atoms with Gasteiger partial charge >= 0.3 is 5.97 Å². The Hall–Kier alpha value is -1.20. The highest BCUT2D eigenvalue weighted by Gasteiger charge is 2.49. The highest BCUT2D eigenvalue weighted by molar-refractivity contribution is 6.37. The Labute approximate surface area is 80.0 Å². The van der Waals surface area contributed by atoms with Crippen molar-refractivity contribution in [2.24, 2.45) is 0 Å². The molecule has 2 fully saturated rings. The van der Waals surface area contributed by atoms with Crippen LogP contribution in [0, 0.1) is 0 Å². The van der Waals surface area contributed by atoms with Crippen LogP contribution in [0.25, 0.3) is 0 Å². The van der Waals surface area contributed by atoms with E-state index in [-0.39, 0.29) is 12.2 Å². The van der Waals surface area contributed by atoms with Crippen molar-refractivity contribution >= 4 is 11.8 Å². The van der Waals surface area contributed by atoms with E-state index in [1.54, 1.807) is 0 Å². The van der Waals surface area contributed by atoms with Crippen LogP contribution in [-0.2, 0) is 14.3 Å². The Morgan fingerprint density at radius 3 is 2.86 bits per heavy atom. The van der Waals surface area contributed by atoms with Crippen molar-refractivity contribution in [1.82, 2.24) is 0 Å². The van der Waals surface area contributed by atoms with Gasteiger partial charge in [0.15, 0.2) is 0 Å². The summed E-state index contributed by atoms with van der Waals surface area (Å²) in [4.78, 5) is 21.1. The molecule has 5 nitrogen and oxygen atoms in total.